The van der Waals surface area contributed by atoms with Gasteiger partial charge < -0.3 is 10.7 Å². The Morgan fingerprint density at radius 2 is 1.97 bits per heavy atom. The van der Waals surface area contributed by atoms with E-state index in [0.717, 1.165) is 48.4 Å². The Balaban J connectivity index is 1.49. The van der Waals surface area contributed by atoms with Crippen molar-refractivity contribution in [2.45, 2.75) is 38.4 Å². The molecule has 1 atom stereocenters. The van der Waals surface area contributed by atoms with Gasteiger partial charge in [-0.2, -0.15) is 0 Å². The van der Waals surface area contributed by atoms with Crippen LogP contribution in [-0.2, 0) is 19.5 Å². The summed E-state index contributed by atoms with van der Waals surface area (Å²) in [6, 6.07) is 16.6. The van der Waals surface area contributed by atoms with E-state index in [1.807, 2.05) is 42.7 Å². The average Bonchev–Trinajstić information content (AvgIpc) is 3.17. The highest BCUT2D eigenvalue weighted by Gasteiger charge is 2.28. The second-order valence-electron chi connectivity index (χ2n) is 7.65. The van der Waals surface area contributed by atoms with E-state index >= 15 is 0 Å². The van der Waals surface area contributed by atoms with Gasteiger partial charge in [-0.3, -0.25) is 9.88 Å². The van der Waals surface area contributed by atoms with Crippen molar-refractivity contribution in [2.24, 2.45) is 0 Å². The van der Waals surface area contributed by atoms with Crippen LogP contribution in [0.3, 0.4) is 0 Å². The van der Waals surface area contributed by atoms with Crippen molar-refractivity contribution in [3.63, 3.8) is 0 Å². The Labute approximate surface area is 169 Å². The number of aromatic nitrogens is 4. The number of nitrogens with zero attached hydrogens (tertiary/aromatic N) is 4. The number of imidazole rings is 1. The first-order valence-electron chi connectivity index (χ1n) is 10.1. The molecule has 0 aliphatic heterocycles. The highest BCUT2D eigenvalue weighted by Crippen LogP contribution is 2.34. The summed E-state index contributed by atoms with van der Waals surface area (Å²) in [7, 11) is 0. The van der Waals surface area contributed by atoms with Crippen LogP contribution in [0.25, 0.3) is 11.0 Å². The molecule has 1 unspecified atom stereocenters. The Morgan fingerprint density at radius 1 is 1.03 bits per heavy atom. The van der Waals surface area contributed by atoms with Gasteiger partial charge in [0.2, 0.25) is 0 Å². The van der Waals surface area contributed by atoms with Gasteiger partial charge in [-0.15, -0.1) is 0 Å². The van der Waals surface area contributed by atoms with E-state index in [-0.39, 0.29) is 6.04 Å². The minimum Gasteiger partial charge on any atom is -0.384 e. The highest BCUT2D eigenvalue weighted by atomic mass is 15.2. The van der Waals surface area contributed by atoms with E-state index < -0.39 is 0 Å². The summed E-state index contributed by atoms with van der Waals surface area (Å²) < 4.78 is 0. The Hall–Kier alpha value is -3.25. The lowest BCUT2D eigenvalue weighted by molar-refractivity contribution is 0.153. The zero-order valence-corrected chi connectivity index (χ0v) is 16.3. The van der Waals surface area contributed by atoms with Crippen LogP contribution in [0.5, 0.6) is 0 Å². The number of hydrogen-bond acceptors (Lipinski definition) is 5. The number of H-pyrrole nitrogens is 1. The first-order chi connectivity index (χ1) is 14.3. The van der Waals surface area contributed by atoms with Gasteiger partial charge in [0.15, 0.2) is 0 Å². The molecule has 0 saturated heterocycles. The molecule has 0 radical (unpaired) electrons. The van der Waals surface area contributed by atoms with Crippen LogP contribution in [0, 0.1) is 0 Å². The van der Waals surface area contributed by atoms with E-state index in [0.29, 0.717) is 5.82 Å². The molecule has 5 rings (SSSR count). The number of nitrogen functional groups attached to an aromatic ring is 1. The van der Waals surface area contributed by atoms with Gasteiger partial charge in [0.05, 0.1) is 29.3 Å². The molecule has 0 saturated carbocycles. The van der Waals surface area contributed by atoms with Crippen LogP contribution in [0.4, 0.5) is 5.82 Å². The molecule has 0 spiro atoms. The van der Waals surface area contributed by atoms with Gasteiger partial charge >= 0.3 is 0 Å². The molecular weight excluding hydrogens is 360 g/mol. The molecule has 3 heterocycles. The fourth-order valence-corrected chi connectivity index (χ4v) is 4.25. The first-order valence-corrected chi connectivity index (χ1v) is 10.1. The number of para-hydroxylation sites is 2. The molecule has 4 aromatic rings. The topological polar surface area (TPSA) is 83.7 Å². The van der Waals surface area contributed by atoms with Gasteiger partial charge in [0.1, 0.15) is 11.6 Å². The van der Waals surface area contributed by atoms with Crippen LogP contribution in [0.2, 0.25) is 0 Å². The van der Waals surface area contributed by atoms with Crippen LogP contribution < -0.4 is 5.73 Å². The lowest BCUT2D eigenvalue weighted by Crippen LogP contribution is -2.31. The summed E-state index contributed by atoms with van der Waals surface area (Å²) in [6.07, 6.45) is 7.12. The number of fused-ring (bicyclic) bond motifs is 2. The van der Waals surface area contributed by atoms with Crippen LogP contribution >= 0.6 is 0 Å². The summed E-state index contributed by atoms with van der Waals surface area (Å²) in [5, 5.41) is 0. The van der Waals surface area contributed by atoms with Gasteiger partial charge in [0, 0.05) is 18.9 Å². The molecule has 1 aromatic carbocycles. The standard InChI is InChI=1S/C23H24N6/c24-21-11-10-16(13-26-21)14-29(15-22-27-18-7-1-2-8-19(18)28-22)20-9-3-5-17-6-4-12-25-23(17)20/h1-2,4,6-8,10-13,20H,3,5,9,14-15H2,(H2,24,26)(H,27,28). The molecule has 1 aliphatic rings. The molecule has 0 amide bonds. The highest BCUT2D eigenvalue weighted by molar-refractivity contribution is 5.74. The number of aromatic amines is 1. The lowest BCUT2D eigenvalue weighted by Gasteiger charge is -2.34. The minimum absolute atomic E-state index is 0.255. The van der Waals surface area contributed by atoms with E-state index in [2.05, 4.69) is 33.1 Å². The van der Waals surface area contributed by atoms with Gasteiger partial charge in [-0.05, 0) is 54.7 Å². The quantitative estimate of drug-likeness (QED) is 0.543. The molecule has 0 bridgehead atoms. The van der Waals surface area contributed by atoms with E-state index in [4.69, 9.17) is 15.7 Å². The third kappa shape index (κ3) is 3.71. The van der Waals surface area contributed by atoms with Crippen LogP contribution in [0.1, 0.15) is 41.5 Å². The number of nitrogens with two attached hydrogens (primary N) is 1. The number of aryl methyl sites for hydroxylation is 1. The third-order valence-electron chi connectivity index (χ3n) is 5.63. The molecule has 6 nitrogen and oxygen atoms in total. The monoisotopic (exact) mass is 384 g/mol. The summed E-state index contributed by atoms with van der Waals surface area (Å²) in [6.45, 7) is 1.49. The lowest BCUT2D eigenvalue weighted by atomic mass is 9.90. The zero-order chi connectivity index (χ0) is 19.6. The molecule has 3 aromatic heterocycles. The SMILES string of the molecule is Nc1ccc(CN(Cc2nc3ccccc3[nH]2)C2CCCc3cccnc32)cn1. The van der Waals surface area contributed by atoms with Gasteiger partial charge in [-0.25, -0.2) is 9.97 Å². The number of hydrogen-bond donors (Lipinski definition) is 2. The predicted molar refractivity (Wildman–Crippen MR) is 114 cm³/mol. The fourth-order valence-electron chi connectivity index (χ4n) is 4.25. The smallest absolute Gasteiger partial charge is 0.123 e. The van der Waals surface area contributed by atoms with Gasteiger partial charge in [-0.1, -0.05) is 24.3 Å². The minimum atomic E-state index is 0.255. The second kappa shape index (κ2) is 7.64. The summed E-state index contributed by atoms with van der Waals surface area (Å²) >= 11 is 0. The zero-order valence-electron chi connectivity index (χ0n) is 16.3. The molecule has 1 aliphatic carbocycles. The molecular formula is C23H24N6. The van der Waals surface area contributed by atoms with Crippen molar-refractivity contribution in [2.75, 3.05) is 5.73 Å². The Kier molecular flexibility index (Phi) is 4.69. The van der Waals surface area contributed by atoms with Crippen molar-refractivity contribution < 1.29 is 0 Å². The van der Waals surface area contributed by atoms with E-state index in [1.165, 1.54) is 17.7 Å². The molecule has 3 N–H and O–H groups in total. The Bertz CT molecular complexity index is 1080. The number of benzene rings is 1. The number of anilines is 1. The van der Waals surface area contributed by atoms with Crippen molar-refractivity contribution in [1.82, 2.24) is 24.8 Å². The van der Waals surface area contributed by atoms with Crippen molar-refractivity contribution in [3.05, 3.63) is 83.6 Å². The Morgan fingerprint density at radius 3 is 2.83 bits per heavy atom. The number of pyridine rings is 2. The van der Waals surface area contributed by atoms with E-state index in [9.17, 15) is 0 Å². The summed E-state index contributed by atoms with van der Waals surface area (Å²) in [5.41, 5.74) is 11.5. The predicted octanol–water partition coefficient (Wildman–Crippen LogP) is 4.01. The van der Waals surface area contributed by atoms with Crippen molar-refractivity contribution >= 4 is 16.9 Å². The summed E-state index contributed by atoms with van der Waals surface area (Å²) in [5.74, 6) is 1.51. The van der Waals surface area contributed by atoms with Crippen LogP contribution in [-0.4, -0.2) is 24.8 Å². The van der Waals surface area contributed by atoms with Crippen molar-refractivity contribution in [1.29, 1.82) is 0 Å². The second-order valence-corrected chi connectivity index (χ2v) is 7.65. The maximum Gasteiger partial charge on any atom is 0.123 e. The summed E-state index contributed by atoms with van der Waals surface area (Å²) in [4.78, 5) is 19.8. The molecule has 146 valence electrons. The van der Waals surface area contributed by atoms with Crippen molar-refractivity contribution in [3.8, 4) is 0 Å². The van der Waals surface area contributed by atoms with Crippen LogP contribution in [0.15, 0.2) is 60.9 Å². The fraction of sp³-hybridized carbons (Fsp3) is 0.261. The van der Waals surface area contributed by atoms with Gasteiger partial charge in [0.25, 0.3) is 0 Å². The first kappa shape index (κ1) is 17.8. The molecule has 29 heavy (non-hydrogen) atoms. The number of nitrogens with one attached hydrogen (secondary N) is 1. The number of rotatable bonds is 5. The maximum atomic E-state index is 5.78. The normalized spacial score (nSPS) is 16.2. The average molecular weight is 384 g/mol. The third-order valence-corrected chi connectivity index (χ3v) is 5.63. The van der Waals surface area contributed by atoms with E-state index in [1.54, 1.807) is 0 Å². The largest absolute Gasteiger partial charge is 0.384 e. The maximum absolute atomic E-state index is 5.78. The molecule has 6 heteroatoms. The molecule has 0 fully saturated rings.